The number of methoxy groups -OCH3 is 1. The van der Waals surface area contributed by atoms with Crippen molar-refractivity contribution in [3.63, 3.8) is 0 Å². The standard InChI is InChI=1S/C17H32N4O4/c1-4-8-19-17(24)20-14-7-5-6-13(11-15(22)21(2)12-14)16(23)18-9-10-25-3/h13-14H,4-12H2,1-3H3,(H,18,23)(H2,19,20,24)/t13-,14-/m1/s1. The minimum Gasteiger partial charge on any atom is -0.383 e. The van der Waals surface area contributed by atoms with Crippen LogP contribution in [0.3, 0.4) is 0 Å². The third-order valence-electron chi connectivity index (χ3n) is 4.29. The molecule has 8 nitrogen and oxygen atoms in total. The van der Waals surface area contributed by atoms with Gasteiger partial charge in [0.05, 0.1) is 6.61 Å². The van der Waals surface area contributed by atoms with Gasteiger partial charge in [-0.2, -0.15) is 0 Å². The Balaban J connectivity index is 2.59. The number of nitrogens with zero attached hydrogens (tertiary/aromatic N) is 1. The topological polar surface area (TPSA) is 99.8 Å². The van der Waals surface area contributed by atoms with E-state index >= 15 is 0 Å². The molecule has 2 atom stereocenters. The van der Waals surface area contributed by atoms with Crippen LogP contribution in [-0.4, -0.2) is 69.2 Å². The van der Waals surface area contributed by atoms with Crippen LogP contribution in [0.15, 0.2) is 0 Å². The summed E-state index contributed by atoms with van der Waals surface area (Å²) in [6.07, 6.45) is 3.22. The van der Waals surface area contributed by atoms with Crippen LogP contribution in [0.4, 0.5) is 4.79 Å². The fourth-order valence-corrected chi connectivity index (χ4v) is 2.84. The van der Waals surface area contributed by atoms with Gasteiger partial charge in [0.25, 0.3) is 0 Å². The molecule has 1 heterocycles. The molecule has 1 saturated heterocycles. The summed E-state index contributed by atoms with van der Waals surface area (Å²) in [5.74, 6) is -0.514. The Morgan fingerprint density at radius 3 is 2.68 bits per heavy atom. The number of carbonyl (C=O) groups excluding carboxylic acids is 3. The number of hydrogen-bond donors (Lipinski definition) is 3. The number of amides is 4. The van der Waals surface area contributed by atoms with Gasteiger partial charge in [-0.3, -0.25) is 9.59 Å². The van der Waals surface area contributed by atoms with Gasteiger partial charge in [0.2, 0.25) is 11.8 Å². The van der Waals surface area contributed by atoms with Crippen LogP contribution >= 0.6 is 0 Å². The van der Waals surface area contributed by atoms with E-state index in [4.69, 9.17) is 4.74 Å². The van der Waals surface area contributed by atoms with Crippen molar-refractivity contribution in [3.05, 3.63) is 0 Å². The van der Waals surface area contributed by atoms with E-state index in [0.717, 1.165) is 19.3 Å². The zero-order valence-electron chi connectivity index (χ0n) is 15.6. The Morgan fingerprint density at radius 1 is 1.24 bits per heavy atom. The third kappa shape index (κ3) is 8.20. The van der Waals surface area contributed by atoms with Crippen LogP contribution in [-0.2, 0) is 14.3 Å². The van der Waals surface area contributed by atoms with E-state index in [0.29, 0.717) is 32.7 Å². The van der Waals surface area contributed by atoms with Crippen molar-refractivity contribution in [1.29, 1.82) is 0 Å². The Morgan fingerprint density at radius 2 is 2.00 bits per heavy atom. The van der Waals surface area contributed by atoms with Gasteiger partial charge in [0.15, 0.2) is 0 Å². The lowest BCUT2D eigenvalue weighted by molar-refractivity contribution is -0.135. The first-order valence-corrected chi connectivity index (χ1v) is 9.02. The van der Waals surface area contributed by atoms with Crippen LogP contribution in [0, 0.1) is 5.92 Å². The largest absolute Gasteiger partial charge is 0.383 e. The molecule has 0 aromatic rings. The maximum Gasteiger partial charge on any atom is 0.315 e. The maximum absolute atomic E-state index is 12.4. The van der Waals surface area contributed by atoms with E-state index in [1.165, 1.54) is 0 Å². The first-order valence-electron chi connectivity index (χ1n) is 9.02. The first-order chi connectivity index (χ1) is 12.0. The lowest BCUT2D eigenvalue weighted by Crippen LogP contribution is -2.48. The van der Waals surface area contributed by atoms with Gasteiger partial charge in [-0.25, -0.2) is 4.79 Å². The van der Waals surface area contributed by atoms with E-state index in [2.05, 4.69) is 16.0 Å². The molecule has 144 valence electrons. The minimum atomic E-state index is -0.334. The van der Waals surface area contributed by atoms with Crippen LogP contribution in [0.2, 0.25) is 0 Å². The number of carbonyl (C=O) groups is 3. The molecule has 0 bridgehead atoms. The lowest BCUT2D eigenvalue weighted by atomic mass is 9.96. The molecular formula is C17H32N4O4. The number of rotatable bonds is 7. The Hall–Kier alpha value is -1.83. The molecule has 0 saturated carbocycles. The maximum atomic E-state index is 12.4. The van der Waals surface area contributed by atoms with Crippen LogP contribution in [0.1, 0.15) is 39.0 Å². The highest BCUT2D eigenvalue weighted by Gasteiger charge is 2.27. The summed E-state index contributed by atoms with van der Waals surface area (Å²) in [5, 5.41) is 8.52. The number of hydrogen-bond acceptors (Lipinski definition) is 4. The fraction of sp³-hybridized carbons (Fsp3) is 0.824. The SMILES string of the molecule is CCCNC(=O)N[C@@H]1CCC[C@@H](C(=O)NCCOC)CC(=O)N(C)C1. The predicted molar refractivity (Wildman–Crippen MR) is 95.1 cm³/mol. The molecule has 0 aliphatic carbocycles. The van der Waals surface area contributed by atoms with Gasteiger partial charge in [-0.1, -0.05) is 13.3 Å². The Bertz CT molecular complexity index is 444. The van der Waals surface area contributed by atoms with E-state index in [9.17, 15) is 14.4 Å². The molecule has 1 fully saturated rings. The monoisotopic (exact) mass is 356 g/mol. The summed E-state index contributed by atoms with van der Waals surface area (Å²) in [6, 6.07) is -0.318. The third-order valence-corrected chi connectivity index (χ3v) is 4.29. The molecule has 1 aliphatic rings. The second-order valence-electron chi connectivity index (χ2n) is 6.49. The van der Waals surface area contributed by atoms with E-state index in [-0.39, 0.29) is 36.2 Å². The molecule has 1 rings (SSSR count). The highest BCUT2D eigenvalue weighted by molar-refractivity contribution is 5.85. The molecule has 25 heavy (non-hydrogen) atoms. The molecular weight excluding hydrogens is 324 g/mol. The number of ether oxygens (including phenoxy) is 1. The highest BCUT2D eigenvalue weighted by atomic mass is 16.5. The number of likely N-dealkylation sites (N-methyl/N-ethyl adjacent to an activating group) is 1. The molecule has 0 spiro atoms. The quantitative estimate of drug-likeness (QED) is 0.578. The van der Waals surface area contributed by atoms with Crippen molar-refractivity contribution < 1.29 is 19.1 Å². The van der Waals surface area contributed by atoms with Crippen molar-refractivity contribution in [2.24, 2.45) is 5.92 Å². The fourth-order valence-electron chi connectivity index (χ4n) is 2.84. The summed E-state index contributed by atoms with van der Waals surface area (Å²) in [6.45, 7) is 3.96. The van der Waals surface area contributed by atoms with Crippen molar-refractivity contribution in [2.75, 3.05) is 40.4 Å². The Labute approximate surface area is 150 Å². The van der Waals surface area contributed by atoms with Crippen LogP contribution in [0.5, 0.6) is 0 Å². The molecule has 0 aromatic heterocycles. The molecule has 0 unspecified atom stereocenters. The molecule has 3 N–H and O–H groups in total. The number of urea groups is 1. The summed E-state index contributed by atoms with van der Waals surface area (Å²) in [5.41, 5.74) is 0. The van der Waals surface area contributed by atoms with Gasteiger partial charge in [-0.05, 0) is 19.3 Å². The summed E-state index contributed by atoms with van der Waals surface area (Å²) in [4.78, 5) is 38.1. The van der Waals surface area contributed by atoms with E-state index < -0.39 is 0 Å². The van der Waals surface area contributed by atoms with Crippen LogP contribution in [0.25, 0.3) is 0 Å². The van der Waals surface area contributed by atoms with Crippen molar-refractivity contribution in [2.45, 2.75) is 45.1 Å². The highest BCUT2D eigenvalue weighted by Crippen LogP contribution is 2.18. The van der Waals surface area contributed by atoms with Crippen molar-refractivity contribution in [3.8, 4) is 0 Å². The first kappa shape index (κ1) is 21.2. The zero-order valence-corrected chi connectivity index (χ0v) is 15.6. The second-order valence-corrected chi connectivity index (χ2v) is 6.49. The van der Waals surface area contributed by atoms with E-state index in [1.807, 2.05) is 6.92 Å². The lowest BCUT2D eigenvalue weighted by Gasteiger charge is -2.24. The summed E-state index contributed by atoms with van der Waals surface area (Å²) < 4.78 is 4.93. The normalized spacial score (nSPS) is 21.7. The minimum absolute atomic E-state index is 0.0745. The van der Waals surface area contributed by atoms with Gasteiger partial charge in [0.1, 0.15) is 0 Å². The second kappa shape index (κ2) is 11.7. The smallest absolute Gasteiger partial charge is 0.315 e. The average Bonchev–Trinajstić information content (AvgIpc) is 2.64. The van der Waals surface area contributed by atoms with Gasteiger partial charge in [-0.15, -0.1) is 0 Å². The average molecular weight is 356 g/mol. The van der Waals surface area contributed by atoms with Crippen LogP contribution < -0.4 is 16.0 Å². The summed E-state index contributed by atoms with van der Waals surface area (Å²) >= 11 is 0. The number of nitrogens with one attached hydrogen (secondary N) is 3. The summed E-state index contributed by atoms with van der Waals surface area (Å²) in [7, 11) is 3.29. The van der Waals surface area contributed by atoms with E-state index in [1.54, 1.807) is 19.1 Å². The van der Waals surface area contributed by atoms with Gasteiger partial charge < -0.3 is 25.6 Å². The molecule has 0 aromatic carbocycles. The van der Waals surface area contributed by atoms with Crippen molar-refractivity contribution in [1.82, 2.24) is 20.9 Å². The molecule has 1 aliphatic heterocycles. The van der Waals surface area contributed by atoms with Crippen molar-refractivity contribution >= 4 is 17.8 Å². The predicted octanol–water partition coefficient (Wildman–Crippen LogP) is 0.475. The zero-order chi connectivity index (χ0) is 18.7. The molecule has 0 radical (unpaired) electrons. The molecule has 8 heteroatoms. The molecule has 4 amide bonds. The van der Waals surface area contributed by atoms with Gasteiger partial charge in [0, 0.05) is 52.2 Å². The van der Waals surface area contributed by atoms with Gasteiger partial charge >= 0.3 is 6.03 Å². The Kier molecular flexibility index (Phi) is 9.91.